The monoisotopic (exact) mass is 287 g/mol. The van der Waals surface area contributed by atoms with E-state index in [-0.39, 0.29) is 5.84 Å². The molecule has 0 amide bonds. The summed E-state index contributed by atoms with van der Waals surface area (Å²) < 4.78 is 0. The van der Waals surface area contributed by atoms with E-state index in [1.165, 1.54) is 0 Å². The van der Waals surface area contributed by atoms with Crippen LogP contribution in [0.25, 0.3) is 0 Å². The predicted octanol–water partition coefficient (Wildman–Crippen LogP) is 2.62. The first kappa shape index (κ1) is 15.0. The van der Waals surface area contributed by atoms with E-state index >= 15 is 0 Å². The number of nitrogens with two attached hydrogens (primary N) is 1. The lowest BCUT2D eigenvalue weighted by Crippen LogP contribution is -2.30. The van der Waals surface area contributed by atoms with Crippen LogP contribution in [0.3, 0.4) is 0 Å². The Labute approximate surface area is 117 Å². The van der Waals surface area contributed by atoms with Crippen LogP contribution in [0.4, 0.5) is 5.69 Å². The minimum Gasteiger partial charge on any atom is -0.409 e. The number of amidine groups is 1. The third-order valence-corrected chi connectivity index (χ3v) is 3.94. The van der Waals surface area contributed by atoms with Crippen LogP contribution in [0.5, 0.6) is 0 Å². The van der Waals surface area contributed by atoms with Gasteiger partial charge in [0.1, 0.15) is 0 Å². The Balaban J connectivity index is 2.97. The minimum atomic E-state index is 0.0198. The Morgan fingerprint density at radius 3 is 2.78 bits per heavy atom. The Bertz CT molecular complexity index is 439. The third kappa shape index (κ3) is 3.46. The first-order valence-electron chi connectivity index (χ1n) is 5.50. The molecule has 4 nitrogen and oxygen atoms in total. The lowest BCUT2D eigenvalue weighted by Gasteiger charge is -2.27. The fourth-order valence-corrected chi connectivity index (χ4v) is 2.57. The second-order valence-electron chi connectivity index (χ2n) is 4.06. The molecule has 0 radical (unpaired) electrons. The molecule has 0 spiro atoms. The molecule has 1 aromatic rings. The standard InChI is InChI=1S/C12H18ClN3OS/c1-8(7-18-3)16(2)9-4-5-10(11(13)6-9)12(14)15-17/h4-6,8,17H,7H2,1-3H3,(H2,14,15). The molecule has 0 aliphatic heterocycles. The van der Waals surface area contributed by atoms with Crippen LogP contribution in [-0.2, 0) is 0 Å². The van der Waals surface area contributed by atoms with Crippen molar-refractivity contribution in [3.8, 4) is 0 Å². The maximum absolute atomic E-state index is 8.64. The Morgan fingerprint density at radius 1 is 1.61 bits per heavy atom. The number of halogens is 1. The number of hydrogen-bond donors (Lipinski definition) is 2. The van der Waals surface area contributed by atoms with Crippen LogP contribution >= 0.6 is 23.4 Å². The maximum Gasteiger partial charge on any atom is 0.171 e. The van der Waals surface area contributed by atoms with Crippen molar-refractivity contribution in [3.05, 3.63) is 28.8 Å². The van der Waals surface area contributed by atoms with Crippen LogP contribution in [0, 0.1) is 0 Å². The van der Waals surface area contributed by atoms with Gasteiger partial charge in [-0.2, -0.15) is 11.8 Å². The molecule has 1 atom stereocenters. The fraction of sp³-hybridized carbons (Fsp3) is 0.417. The number of rotatable bonds is 5. The zero-order valence-electron chi connectivity index (χ0n) is 10.7. The average Bonchev–Trinajstić information content (AvgIpc) is 2.37. The molecular weight excluding hydrogens is 270 g/mol. The lowest BCUT2D eigenvalue weighted by molar-refractivity contribution is 0.318. The lowest BCUT2D eigenvalue weighted by atomic mass is 10.1. The van der Waals surface area contributed by atoms with E-state index in [0.717, 1.165) is 11.4 Å². The van der Waals surface area contributed by atoms with Gasteiger partial charge in [-0.1, -0.05) is 16.8 Å². The van der Waals surface area contributed by atoms with Gasteiger partial charge in [-0.15, -0.1) is 0 Å². The summed E-state index contributed by atoms with van der Waals surface area (Å²) in [5, 5.41) is 12.1. The second-order valence-corrected chi connectivity index (χ2v) is 5.38. The topological polar surface area (TPSA) is 61.8 Å². The summed E-state index contributed by atoms with van der Waals surface area (Å²) in [6.07, 6.45) is 2.08. The Kier molecular flexibility index (Phi) is 5.62. The van der Waals surface area contributed by atoms with Gasteiger partial charge in [0.2, 0.25) is 0 Å². The van der Waals surface area contributed by atoms with Crippen molar-refractivity contribution in [2.45, 2.75) is 13.0 Å². The van der Waals surface area contributed by atoms with Gasteiger partial charge in [0, 0.05) is 30.1 Å². The van der Waals surface area contributed by atoms with E-state index in [0.29, 0.717) is 16.6 Å². The van der Waals surface area contributed by atoms with E-state index in [9.17, 15) is 0 Å². The highest BCUT2D eigenvalue weighted by Crippen LogP contribution is 2.24. The molecule has 1 rings (SSSR count). The second kappa shape index (κ2) is 6.75. The van der Waals surface area contributed by atoms with Gasteiger partial charge in [-0.05, 0) is 31.4 Å². The van der Waals surface area contributed by atoms with Crippen LogP contribution in [0.15, 0.2) is 23.4 Å². The molecule has 6 heteroatoms. The molecule has 1 unspecified atom stereocenters. The first-order chi connectivity index (χ1) is 8.51. The highest BCUT2D eigenvalue weighted by Gasteiger charge is 2.12. The summed E-state index contributed by atoms with van der Waals surface area (Å²) >= 11 is 7.93. The molecule has 0 aliphatic rings. The Hall–Kier alpha value is -1.07. The van der Waals surface area contributed by atoms with Gasteiger partial charge in [0.05, 0.1) is 5.02 Å². The van der Waals surface area contributed by atoms with Gasteiger partial charge in [0.15, 0.2) is 5.84 Å². The number of thioether (sulfide) groups is 1. The molecule has 100 valence electrons. The first-order valence-corrected chi connectivity index (χ1v) is 7.27. The molecular formula is C12H18ClN3OS. The molecule has 18 heavy (non-hydrogen) atoms. The SMILES string of the molecule is CSCC(C)N(C)c1ccc(/C(N)=N/O)c(Cl)c1. The zero-order valence-corrected chi connectivity index (χ0v) is 12.3. The molecule has 1 aromatic carbocycles. The van der Waals surface area contributed by atoms with Crippen LogP contribution in [0.2, 0.25) is 5.02 Å². The summed E-state index contributed by atoms with van der Waals surface area (Å²) in [6, 6.07) is 5.91. The molecule has 0 saturated carbocycles. The van der Waals surface area contributed by atoms with Gasteiger partial charge < -0.3 is 15.8 Å². The van der Waals surface area contributed by atoms with Crippen LogP contribution < -0.4 is 10.6 Å². The minimum absolute atomic E-state index is 0.0198. The van der Waals surface area contributed by atoms with Gasteiger partial charge >= 0.3 is 0 Å². The largest absolute Gasteiger partial charge is 0.409 e. The normalized spacial score (nSPS) is 13.4. The number of hydrogen-bond acceptors (Lipinski definition) is 4. The van der Waals surface area contributed by atoms with Crippen molar-refractivity contribution in [2.24, 2.45) is 10.9 Å². The van der Waals surface area contributed by atoms with Crippen LogP contribution in [0.1, 0.15) is 12.5 Å². The number of nitrogens with zero attached hydrogens (tertiary/aromatic N) is 2. The molecule has 0 fully saturated rings. The molecule has 0 bridgehead atoms. The van der Waals surface area contributed by atoms with E-state index in [4.69, 9.17) is 22.5 Å². The van der Waals surface area contributed by atoms with Gasteiger partial charge in [-0.3, -0.25) is 0 Å². The zero-order chi connectivity index (χ0) is 13.7. The highest BCUT2D eigenvalue weighted by molar-refractivity contribution is 7.98. The summed E-state index contributed by atoms with van der Waals surface area (Å²) in [5.41, 5.74) is 7.07. The van der Waals surface area contributed by atoms with Crippen molar-refractivity contribution in [3.63, 3.8) is 0 Å². The number of oxime groups is 1. The van der Waals surface area contributed by atoms with Crippen molar-refractivity contribution in [1.29, 1.82) is 0 Å². The van der Waals surface area contributed by atoms with Crippen LogP contribution in [-0.4, -0.2) is 36.1 Å². The molecule has 0 aromatic heterocycles. The predicted molar refractivity (Wildman–Crippen MR) is 80.2 cm³/mol. The Morgan fingerprint density at radius 2 is 2.28 bits per heavy atom. The maximum atomic E-state index is 8.64. The quantitative estimate of drug-likeness (QED) is 0.378. The van der Waals surface area contributed by atoms with Crippen molar-refractivity contribution in [2.75, 3.05) is 24.0 Å². The fourth-order valence-electron chi connectivity index (χ4n) is 1.59. The van der Waals surface area contributed by atoms with E-state index in [1.807, 2.05) is 19.2 Å². The molecule has 0 heterocycles. The summed E-state index contributed by atoms with van der Waals surface area (Å²) in [6.45, 7) is 2.15. The summed E-state index contributed by atoms with van der Waals surface area (Å²) in [7, 11) is 2.02. The van der Waals surface area contributed by atoms with Gasteiger partial charge in [-0.25, -0.2) is 0 Å². The van der Waals surface area contributed by atoms with E-state index in [1.54, 1.807) is 17.8 Å². The van der Waals surface area contributed by atoms with Crippen molar-refractivity contribution >= 4 is 34.9 Å². The molecule has 0 aliphatic carbocycles. The van der Waals surface area contributed by atoms with Crippen molar-refractivity contribution < 1.29 is 5.21 Å². The van der Waals surface area contributed by atoms with Gasteiger partial charge in [0.25, 0.3) is 0 Å². The van der Waals surface area contributed by atoms with Crippen molar-refractivity contribution in [1.82, 2.24) is 0 Å². The van der Waals surface area contributed by atoms with E-state index < -0.39 is 0 Å². The summed E-state index contributed by atoms with van der Waals surface area (Å²) in [4.78, 5) is 2.15. The number of benzene rings is 1. The average molecular weight is 288 g/mol. The summed E-state index contributed by atoms with van der Waals surface area (Å²) in [5.74, 6) is 1.06. The molecule has 3 N–H and O–H groups in total. The number of anilines is 1. The molecule has 0 saturated heterocycles. The smallest absolute Gasteiger partial charge is 0.171 e. The highest BCUT2D eigenvalue weighted by atomic mass is 35.5. The third-order valence-electron chi connectivity index (χ3n) is 2.81. The van der Waals surface area contributed by atoms with E-state index in [2.05, 4.69) is 23.2 Å².